The second kappa shape index (κ2) is 11.0. The van der Waals surface area contributed by atoms with Crippen LogP contribution in [0.2, 0.25) is 0 Å². The molecule has 0 heterocycles. The van der Waals surface area contributed by atoms with Crippen LogP contribution in [-0.4, -0.2) is 50.1 Å². The van der Waals surface area contributed by atoms with Crippen LogP contribution >= 0.6 is 0 Å². The molecule has 0 aromatic heterocycles. The normalized spacial score (nSPS) is 12.1. The molecule has 2 aromatic carbocycles. The molecule has 0 fully saturated rings. The molecular formula is C23H26N2O5. The number of ether oxygens (including phenoxy) is 2. The van der Waals surface area contributed by atoms with Crippen molar-refractivity contribution < 1.29 is 24.2 Å². The van der Waals surface area contributed by atoms with E-state index in [0.717, 1.165) is 0 Å². The van der Waals surface area contributed by atoms with Gasteiger partial charge in [0.25, 0.3) is 0 Å². The molecule has 0 bridgehead atoms. The van der Waals surface area contributed by atoms with Gasteiger partial charge in [-0.3, -0.25) is 0 Å². The topological polar surface area (TPSA) is 96.9 Å². The second-order valence-electron chi connectivity index (χ2n) is 6.95. The molecule has 0 radical (unpaired) electrons. The lowest BCUT2D eigenvalue weighted by molar-refractivity contribution is 0.0600. The largest absolute Gasteiger partial charge is 0.465 e. The summed E-state index contributed by atoms with van der Waals surface area (Å²) >= 11 is 0. The van der Waals surface area contributed by atoms with Crippen LogP contribution in [0, 0.1) is 11.8 Å². The summed E-state index contributed by atoms with van der Waals surface area (Å²) in [5.74, 6) is 5.60. The monoisotopic (exact) mass is 410 g/mol. The first-order valence-corrected chi connectivity index (χ1v) is 9.38. The summed E-state index contributed by atoms with van der Waals surface area (Å²) < 4.78 is 9.85. The number of methoxy groups -OCH3 is 2. The lowest BCUT2D eigenvalue weighted by Crippen LogP contribution is -2.51. The Morgan fingerprint density at radius 1 is 1.07 bits per heavy atom. The van der Waals surface area contributed by atoms with Gasteiger partial charge in [-0.15, -0.1) is 0 Å². The summed E-state index contributed by atoms with van der Waals surface area (Å²) in [6.45, 7) is 2.01. The minimum absolute atomic E-state index is 0.0671. The van der Waals surface area contributed by atoms with Gasteiger partial charge in [-0.05, 0) is 49.7 Å². The Kier molecular flexibility index (Phi) is 8.41. The fourth-order valence-corrected chi connectivity index (χ4v) is 2.83. The maximum atomic E-state index is 12.4. The van der Waals surface area contributed by atoms with Gasteiger partial charge in [-0.25, -0.2) is 9.59 Å². The van der Waals surface area contributed by atoms with Gasteiger partial charge in [-0.1, -0.05) is 24.0 Å². The fourth-order valence-electron chi connectivity index (χ4n) is 2.83. The molecule has 0 unspecified atom stereocenters. The molecule has 0 saturated carbocycles. The Morgan fingerprint density at radius 2 is 1.73 bits per heavy atom. The summed E-state index contributed by atoms with van der Waals surface area (Å²) in [5.41, 5.74) is 1.69. The van der Waals surface area contributed by atoms with Crippen molar-refractivity contribution in [3.63, 3.8) is 0 Å². The van der Waals surface area contributed by atoms with Crippen LogP contribution in [0.3, 0.4) is 0 Å². The molecule has 0 spiro atoms. The first-order chi connectivity index (χ1) is 14.4. The summed E-state index contributed by atoms with van der Waals surface area (Å²) in [4.78, 5) is 24.0. The van der Waals surface area contributed by atoms with Crippen molar-refractivity contribution in [3.05, 3.63) is 65.2 Å². The highest BCUT2D eigenvalue weighted by atomic mass is 16.5. The average Bonchev–Trinajstić information content (AvgIpc) is 2.72. The van der Waals surface area contributed by atoms with Crippen LogP contribution in [0.5, 0.6) is 0 Å². The van der Waals surface area contributed by atoms with Crippen molar-refractivity contribution in [1.82, 2.24) is 5.32 Å². The van der Waals surface area contributed by atoms with Crippen molar-refractivity contribution in [2.24, 2.45) is 0 Å². The standard InChI is InChI=1S/C23H26N2O5/c1-23(12-13-26,16-29-2)25-22(28)24-20-9-5-7-18(15-20)11-10-17-6-4-8-19(14-17)21(27)30-3/h4-9,14-15,26H,12-13,16H2,1-3H3,(H2,24,25,28)/t23-/m1/s1. The third kappa shape index (κ3) is 6.92. The van der Waals surface area contributed by atoms with Crippen molar-refractivity contribution in [3.8, 4) is 11.8 Å². The Hall–Kier alpha value is -3.34. The minimum Gasteiger partial charge on any atom is -0.465 e. The molecule has 2 amide bonds. The van der Waals surface area contributed by atoms with E-state index in [1.54, 1.807) is 49.4 Å². The van der Waals surface area contributed by atoms with Gasteiger partial charge < -0.3 is 25.2 Å². The van der Waals surface area contributed by atoms with E-state index in [2.05, 4.69) is 22.5 Å². The number of benzene rings is 2. The number of hydrogen-bond acceptors (Lipinski definition) is 5. The Morgan fingerprint density at radius 3 is 2.37 bits per heavy atom. The maximum Gasteiger partial charge on any atom is 0.337 e. The third-order valence-corrected chi connectivity index (χ3v) is 4.30. The molecule has 7 heteroatoms. The lowest BCUT2D eigenvalue weighted by Gasteiger charge is -2.29. The quantitative estimate of drug-likeness (QED) is 0.482. The zero-order valence-corrected chi connectivity index (χ0v) is 17.3. The number of hydrogen-bond donors (Lipinski definition) is 3. The Bertz CT molecular complexity index is 940. The van der Waals surface area contributed by atoms with Gasteiger partial charge in [0.15, 0.2) is 0 Å². The molecule has 0 saturated heterocycles. The Labute approximate surface area is 176 Å². The number of carbonyl (C=O) groups excluding carboxylic acids is 2. The highest BCUT2D eigenvalue weighted by Gasteiger charge is 2.25. The average molecular weight is 410 g/mol. The lowest BCUT2D eigenvalue weighted by atomic mass is 10.00. The summed E-state index contributed by atoms with van der Waals surface area (Å²) in [5, 5.41) is 14.8. The number of rotatable bonds is 7. The smallest absolute Gasteiger partial charge is 0.337 e. The van der Waals surface area contributed by atoms with Crippen molar-refractivity contribution in [1.29, 1.82) is 0 Å². The van der Waals surface area contributed by atoms with Crippen LogP contribution in [0.4, 0.5) is 10.5 Å². The van der Waals surface area contributed by atoms with Crippen LogP contribution in [-0.2, 0) is 9.47 Å². The number of anilines is 1. The molecule has 3 N–H and O–H groups in total. The van der Waals surface area contributed by atoms with Gasteiger partial charge in [-0.2, -0.15) is 0 Å². The number of aliphatic hydroxyl groups is 1. The molecule has 0 aliphatic carbocycles. The Balaban J connectivity index is 2.10. The van der Waals surface area contributed by atoms with Crippen molar-refractivity contribution >= 4 is 17.7 Å². The number of amides is 2. The predicted octanol–water partition coefficient (Wildman–Crippen LogP) is 2.78. The molecular weight excluding hydrogens is 384 g/mol. The first kappa shape index (κ1) is 22.9. The van der Waals surface area contributed by atoms with E-state index in [1.807, 2.05) is 6.07 Å². The van der Waals surface area contributed by atoms with E-state index in [9.17, 15) is 14.7 Å². The fraction of sp³-hybridized carbons (Fsp3) is 0.304. The number of aliphatic hydroxyl groups excluding tert-OH is 1. The molecule has 30 heavy (non-hydrogen) atoms. The van der Waals surface area contributed by atoms with E-state index in [1.165, 1.54) is 14.2 Å². The molecule has 2 aromatic rings. The van der Waals surface area contributed by atoms with Gasteiger partial charge in [0.05, 0.1) is 24.8 Å². The third-order valence-electron chi connectivity index (χ3n) is 4.30. The number of carbonyl (C=O) groups is 2. The summed E-state index contributed by atoms with van der Waals surface area (Å²) in [6.07, 6.45) is 0.365. The second-order valence-corrected chi connectivity index (χ2v) is 6.95. The van der Waals surface area contributed by atoms with Gasteiger partial charge in [0.1, 0.15) is 0 Å². The summed E-state index contributed by atoms with van der Waals surface area (Å²) in [7, 11) is 2.87. The number of nitrogens with one attached hydrogen (secondary N) is 2. The van der Waals surface area contributed by atoms with Gasteiger partial charge in [0.2, 0.25) is 0 Å². The molecule has 1 atom stereocenters. The zero-order valence-electron chi connectivity index (χ0n) is 17.3. The zero-order chi connectivity index (χ0) is 22.0. The van der Waals surface area contributed by atoms with Crippen molar-refractivity contribution in [2.75, 3.05) is 32.8 Å². The molecule has 2 rings (SSSR count). The van der Waals surface area contributed by atoms with E-state index >= 15 is 0 Å². The van der Waals surface area contributed by atoms with E-state index in [-0.39, 0.29) is 13.2 Å². The molecule has 7 nitrogen and oxygen atoms in total. The van der Waals surface area contributed by atoms with Gasteiger partial charge >= 0.3 is 12.0 Å². The minimum atomic E-state index is -0.685. The maximum absolute atomic E-state index is 12.4. The van der Waals surface area contributed by atoms with Crippen LogP contribution in [0.25, 0.3) is 0 Å². The van der Waals surface area contributed by atoms with Gasteiger partial charge in [0, 0.05) is 30.5 Å². The highest BCUT2D eigenvalue weighted by Crippen LogP contribution is 2.13. The van der Waals surface area contributed by atoms with E-state index < -0.39 is 17.5 Å². The molecule has 158 valence electrons. The number of esters is 1. The number of urea groups is 1. The SMILES string of the molecule is COC[C@@](C)(CCO)NC(=O)Nc1cccc(C#Cc2cccc(C(=O)OC)c2)c1. The molecule has 0 aliphatic rings. The van der Waals surface area contributed by atoms with E-state index in [0.29, 0.717) is 28.8 Å². The summed E-state index contributed by atoms with van der Waals surface area (Å²) in [6, 6.07) is 13.6. The predicted molar refractivity (Wildman–Crippen MR) is 114 cm³/mol. The van der Waals surface area contributed by atoms with Crippen LogP contribution < -0.4 is 10.6 Å². The van der Waals surface area contributed by atoms with Crippen LogP contribution in [0.15, 0.2) is 48.5 Å². The molecule has 0 aliphatic heterocycles. The van der Waals surface area contributed by atoms with Crippen LogP contribution in [0.1, 0.15) is 34.8 Å². The van der Waals surface area contributed by atoms with Crippen molar-refractivity contribution in [2.45, 2.75) is 18.9 Å². The van der Waals surface area contributed by atoms with E-state index in [4.69, 9.17) is 9.47 Å². The first-order valence-electron chi connectivity index (χ1n) is 9.38. The highest BCUT2D eigenvalue weighted by molar-refractivity contribution is 5.90.